The van der Waals surface area contributed by atoms with Crippen LogP contribution in [-0.4, -0.2) is 11.9 Å². The molecule has 11 heavy (non-hydrogen) atoms. The number of β-lactam (4-membered cyclic amide) rings is 1. The van der Waals surface area contributed by atoms with Gasteiger partial charge in [-0.1, -0.05) is 12.2 Å². The summed E-state index contributed by atoms with van der Waals surface area (Å²) >= 11 is 0. The lowest BCUT2D eigenvalue weighted by molar-refractivity contribution is -0.135. The van der Waals surface area contributed by atoms with Crippen LogP contribution in [0.4, 0.5) is 0 Å². The SMILES string of the molecule is O=C1N[C@H]2CCC=CCC[C@H]12. The molecule has 2 nitrogen and oxygen atoms in total. The summed E-state index contributed by atoms with van der Waals surface area (Å²) in [5.41, 5.74) is 0. The molecule has 2 atom stereocenters. The zero-order valence-electron chi connectivity index (χ0n) is 6.55. The van der Waals surface area contributed by atoms with E-state index in [1.54, 1.807) is 0 Å². The number of carbonyl (C=O) groups excluding carboxylic acids is 1. The number of allylic oxidation sites excluding steroid dienone is 2. The molecule has 0 saturated carbocycles. The third-order valence-corrected chi connectivity index (χ3v) is 2.61. The fourth-order valence-electron chi connectivity index (χ4n) is 1.87. The molecule has 0 spiro atoms. The first kappa shape index (κ1) is 6.89. The van der Waals surface area contributed by atoms with E-state index < -0.39 is 0 Å². The molecule has 60 valence electrons. The summed E-state index contributed by atoms with van der Waals surface area (Å²) in [4.78, 5) is 11.0. The second kappa shape index (κ2) is 2.68. The van der Waals surface area contributed by atoms with Crippen LogP contribution >= 0.6 is 0 Å². The molecule has 2 rings (SSSR count). The van der Waals surface area contributed by atoms with E-state index in [0.717, 1.165) is 25.7 Å². The minimum absolute atomic E-state index is 0.269. The highest BCUT2D eigenvalue weighted by Crippen LogP contribution is 2.26. The Labute approximate surface area is 66.7 Å². The maximum absolute atomic E-state index is 11.0. The molecule has 2 aliphatic rings. The van der Waals surface area contributed by atoms with Gasteiger partial charge < -0.3 is 5.32 Å². The Morgan fingerprint density at radius 1 is 1.27 bits per heavy atom. The summed E-state index contributed by atoms with van der Waals surface area (Å²) < 4.78 is 0. The van der Waals surface area contributed by atoms with Gasteiger partial charge in [-0.15, -0.1) is 0 Å². The highest BCUT2D eigenvalue weighted by molar-refractivity contribution is 5.85. The lowest BCUT2D eigenvalue weighted by Crippen LogP contribution is -2.57. The Kier molecular flexibility index (Phi) is 1.68. The lowest BCUT2D eigenvalue weighted by Gasteiger charge is -2.37. The molecule has 0 radical (unpaired) electrons. The molecule has 1 heterocycles. The highest BCUT2D eigenvalue weighted by Gasteiger charge is 2.37. The Balaban J connectivity index is 2.00. The summed E-state index contributed by atoms with van der Waals surface area (Å²) in [5.74, 6) is 0.602. The minimum atomic E-state index is 0.269. The van der Waals surface area contributed by atoms with Crippen LogP contribution in [0.25, 0.3) is 0 Å². The molecule has 1 aliphatic carbocycles. The van der Waals surface area contributed by atoms with Gasteiger partial charge in [-0.25, -0.2) is 0 Å². The molecule has 0 bridgehead atoms. The number of carbonyl (C=O) groups is 1. The van der Waals surface area contributed by atoms with E-state index >= 15 is 0 Å². The normalized spacial score (nSPS) is 36.2. The summed E-state index contributed by atoms with van der Waals surface area (Å²) in [5, 5.41) is 2.94. The second-order valence-electron chi connectivity index (χ2n) is 3.35. The van der Waals surface area contributed by atoms with Gasteiger partial charge in [0.2, 0.25) is 5.91 Å². The largest absolute Gasteiger partial charge is 0.352 e. The topological polar surface area (TPSA) is 29.1 Å². The van der Waals surface area contributed by atoms with Gasteiger partial charge in [0.05, 0.1) is 5.92 Å². The van der Waals surface area contributed by atoms with Crippen molar-refractivity contribution in [3.8, 4) is 0 Å². The minimum Gasteiger partial charge on any atom is -0.352 e. The average molecular weight is 151 g/mol. The van der Waals surface area contributed by atoms with Crippen LogP contribution in [0.5, 0.6) is 0 Å². The van der Waals surface area contributed by atoms with Crippen molar-refractivity contribution in [3.63, 3.8) is 0 Å². The zero-order chi connectivity index (χ0) is 7.68. The van der Waals surface area contributed by atoms with Gasteiger partial charge in [-0.3, -0.25) is 4.79 Å². The van der Waals surface area contributed by atoms with E-state index in [0.29, 0.717) is 12.0 Å². The van der Waals surface area contributed by atoms with Crippen molar-refractivity contribution in [2.75, 3.05) is 0 Å². The first-order chi connectivity index (χ1) is 5.38. The van der Waals surface area contributed by atoms with Crippen LogP contribution in [0.15, 0.2) is 12.2 Å². The monoisotopic (exact) mass is 151 g/mol. The van der Waals surface area contributed by atoms with E-state index in [4.69, 9.17) is 0 Å². The second-order valence-corrected chi connectivity index (χ2v) is 3.35. The Morgan fingerprint density at radius 3 is 2.73 bits per heavy atom. The van der Waals surface area contributed by atoms with Crippen molar-refractivity contribution >= 4 is 5.91 Å². The van der Waals surface area contributed by atoms with Gasteiger partial charge in [0.1, 0.15) is 0 Å². The van der Waals surface area contributed by atoms with Gasteiger partial charge in [0, 0.05) is 6.04 Å². The molecular formula is C9H13NO. The predicted octanol–water partition coefficient (Wildman–Crippen LogP) is 1.23. The molecule has 1 aliphatic heterocycles. The van der Waals surface area contributed by atoms with Crippen molar-refractivity contribution in [2.24, 2.45) is 5.92 Å². The number of hydrogen-bond acceptors (Lipinski definition) is 1. The fraction of sp³-hybridized carbons (Fsp3) is 0.667. The lowest BCUT2D eigenvalue weighted by atomic mass is 9.82. The molecule has 1 saturated heterocycles. The summed E-state index contributed by atoms with van der Waals surface area (Å²) in [7, 11) is 0. The molecule has 1 N–H and O–H groups in total. The number of amides is 1. The van der Waals surface area contributed by atoms with Crippen molar-refractivity contribution in [1.82, 2.24) is 5.32 Å². The Hall–Kier alpha value is -0.790. The van der Waals surface area contributed by atoms with E-state index in [-0.39, 0.29) is 5.91 Å². The van der Waals surface area contributed by atoms with E-state index in [1.807, 2.05) is 0 Å². The van der Waals surface area contributed by atoms with Crippen LogP contribution in [0.3, 0.4) is 0 Å². The third-order valence-electron chi connectivity index (χ3n) is 2.61. The van der Waals surface area contributed by atoms with E-state index in [9.17, 15) is 4.79 Å². The maximum atomic E-state index is 11.0. The molecule has 2 heteroatoms. The van der Waals surface area contributed by atoms with Crippen LogP contribution in [-0.2, 0) is 4.79 Å². The third kappa shape index (κ3) is 1.17. The van der Waals surface area contributed by atoms with Crippen molar-refractivity contribution < 1.29 is 4.79 Å². The van der Waals surface area contributed by atoms with Crippen LogP contribution in [0, 0.1) is 5.92 Å². The first-order valence-corrected chi connectivity index (χ1v) is 4.33. The van der Waals surface area contributed by atoms with E-state index in [1.165, 1.54) is 0 Å². The zero-order valence-corrected chi connectivity index (χ0v) is 6.55. The smallest absolute Gasteiger partial charge is 0.225 e. The Morgan fingerprint density at radius 2 is 2.00 bits per heavy atom. The standard InChI is InChI=1S/C9H13NO/c11-9-7-5-3-1-2-4-6-8(7)10-9/h1-2,7-8H,3-6H2,(H,10,11)/t7-,8-/m0/s1. The van der Waals surface area contributed by atoms with E-state index in [2.05, 4.69) is 17.5 Å². The Bertz CT molecular complexity index is 198. The summed E-state index contributed by atoms with van der Waals surface area (Å²) in [6, 6.07) is 0.493. The van der Waals surface area contributed by atoms with Crippen LogP contribution in [0.2, 0.25) is 0 Å². The van der Waals surface area contributed by atoms with Crippen LogP contribution in [0.1, 0.15) is 25.7 Å². The molecule has 0 aromatic rings. The molecule has 0 unspecified atom stereocenters. The summed E-state index contributed by atoms with van der Waals surface area (Å²) in [6.07, 6.45) is 8.80. The first-order valence-electron chi connectivity index (χ1n) is 4.33. The fourth-order valence-corrected chi connectivity index (χ4v) is 1.87. The number of rotatable bonds is 0. The van der Waals surface area contributed by atoms with Gasteiger partial charge in [0.15, 0.2) is 0 Å². The molecule has 0 aromatic carbocycles. The predicted molar refractivity (Wildman–Crippen MR) is 43.0 cm³/mol. The molecule has 1 fully saturated rings. The van der Waals surface area contributed by atoms with Crippen molar-refractivity contribution in [2.45, 2.75) is 31.7 Å². The van der Waals surface area contributed by atoms with Gasteiger partial charge >= 0.3 is 0 Å². The van der Waals surface area contributed by atoms with Gasteiger partial charge in [0.25, 0.3) is 0 Å². The van der Waals surface area contributed by atoms with Gasteiger partial charge in [-0.2, -0.15) is 0 Å². The number of nitrogens with one attached hydrogen (secondary N) is 1. The van der Waals surface area contributed by atoms with Crippen molar-refractivity contribution in [1.29, 1.82) is 0 Å². The number of fused-ring (bicyclic) bond motifs is 1. The van der Waals surface area contributed by atoms with Crippen molar-refractivity contribution in [3.05, 3.63) is 12.2 Å². The molecule has 0 aromatic heterocycles. The quantitative estimate of drug-likeness (QED) is 0.409. The van der Waals surface area contributed by atoms with Crippen LogP contribution < -0.4 is 5.32 Å². The maximum Gasteiger partial charge on any atom is 0.225 e. The molecular weight excluding hydrogens is 138 g/mol. The average Bonchev–Trinajstić information content (AvgIpc) is 1.96. The molecule has 1 amide bonds. The van der Waals surface area contributed by atoms with Gasteiger partial charge in [-0.05, 0) is 25.7 Å². The number of hydrogen-bond donors (Lipinski definition) is 1. The summed E-state index contributed by atoms with van der Waals surface area (Å²) in [6.45, 7) is 0. The highest BCUT2D eigenvalue weighted by atomic mass is 16.2.